The van der Waals surface area contributed by atoms with Crippen molar-refractivity contribution in [3.63, 3.8) is 0 Å². The Kier molecular flexibility index (Phi) is 6.01. The lowest BCUT2D eigenvalue weighted by atomic mass is 10.1. The zero-order valence-corrected chi connectivity index (χ0v) is 16.3. The van der Waals surface area contributed by atoms with Crippen LogP contribution in [-0.2, 0) is 16.1 Å². The lowest BCUT2D eigenvalue weighted by Gasteiger charge is -2.20. The second kappa shape index (κ2) is 8.43. The monoisotopic (exact) mass is 368 g/mol. The number of fused-ring (bicyclic) bond motifs is 1. The third kappa shape index (κ3) is 4.29. The number of anilines is 1. The van der Waals surface area contributed by atoms with Gasteiger partial charge in [0.25, 0.3) is 0 Å². The number of aromatic nitrogens is 1. The van der Waals surface area contributed by atoms with Crippen LogP contribution in [0.5, 0.6) is 0 Å². The van der Waals surface area contributed by atoms with E-state index in [2.05, 4.69) is 26.0 Å². The minimum absolute atomic E-state index is 0.0377. The predicted molar refractivity (Wildman–Crippen MR) is 108 cm³/mol. The zero-order valence-electron chi connectivity index (χ0n) is 15.5. The van der Waals surface area contributed by atoms with E-state index in [0.29, 0.717) is 26.2 Å². The van der Waals surface area contributed by atoms with Gasteiger partial charge in [0.15, 0.2) is 5.13 Å². The number of hydrogen-bond acceptors (Lipinski definition) is 4. The van der Waals surface area contributed by atoms with E-state index in [1.54, 1.807) is 16.2 Å². The molecule has 0 aliphatic heterocycles. The number of carbonyl (C=O) groups excluding carboxylic acids is 1. The molecular weight excluding hydrogens is 344 g/mol. The Morgan fingerprint density at radius 2 is 1.96 bits per heavy atom. The molecule has 0 aliphatic rings. The molecule has 1 heterocycles. The minimum atomic E-state index is 0.0377. The van der Waals surface area contributed by atoms with Crippen molar-refractivity contribution in [2.45, 2.75) is 33.7 Å². The van der Waals surface area contributed by atoms with Gasteiger partial charge in [-0.05, 0) is 43.5 Å². The van der Waals surface area contributed by atoms with Gasteiger partial charge in [-0.3, -0.25) is 9.69 Å². The van der Waals surface area contributed by atoms with Gasteiger partial charge in [0.05, 0.1) is 29.8 Å². The van der Waals surface area contributed by atoms with Crippen molar-refractivity contribution in [2.24, 2.45) is 0 Å². The number of benzene rings is 2. The SMILES string of the molecule is CCOCCC(=O)N(Cc1ccccc1)c1nc2c(C)cc(C)cc2s1. The van der Waals surface area contributed by atoms with Gasteiger partial charge < -0.3 is 4.74 Å². The highest BCUT2D eigenvalue weighted by Crippen LogP contribution is 2.32. The summed E-state index contributed by atoms with van der Waals surface area (Å²) in [5.41, 5.74) is 4.42. The molecule has 3 rings (SSSR count). The summed E-state index contributed by atoms with van der Waals surface area (Å²) in [7, 11) is 0. The lowest BCUT2D eigenvalue weighted by Crippen LogP contribution is -2.31. The van der Waals surface area contributed by atoms with E-state index in [4.69, 9.17) is 9.72 Å². The molecule has 2 aromatic carbocycles. The molecule has 0 fully saturated rings. The molecule has 136 valence electrons. The number of carbonyl (C=O) groups is 1. The first-order valence-corrected chi connectivity index (χ1v) is 9.70. The molecule has 5 heteroatoms. The van der Waals surface area contributed by atoms with E-state index < -0.39 is 0 Å². The highest BCUT2D eigenvalue weighted by Gasteiger charge is 2.20. The average molecular weight is 369 g/mol. The fourth-order valence-electron chi connectivity index (χ4n) is 2.94. The van der Waals surface area contributed by atoms with Gasteiger partial charge in [-0.25, -0.2) is 4.98 Å². The van der Waals surface area contributed by atoms with Gasteiger partial charge in [-0.2, -0.15) is 0 Å². The van der Waals surface area contributed by atoms with Gasteiger partial charge in [-0.15, -0.1) is 0 Å². The molecule has 0 saturated carbocycles. The van der Waals surface area contributed by atoms with Gasteiger partial charge in [0, 0.05) is 6.61 Å². The molecule has 3 aromatic rings. The molecule has 0 radical (unpaired) electrons. The maximum Gasteiger partial charge on any atom is 0.231 e. The third-order valence-corrected chi connectivity index (χ3v) is 5.22. The van der Waals surface area contributed by atoms with Crippen LogP contribution in [-0.4, -0.2) is 24.1 Å². The van der Waals surface area contributed by atoms with Gasteiger partial charge >= 0.3 is 0 Å². The van der Waals surface area contributed by atoms with Gasteiger partial charge in [0.1, 0.15) is 0 Å². The fourth-order valence-corrected chi connectivity index (χ4v) is 4.10. The van der Waals surface area contributed by atoms with Crippen molar-refractivity contribution in [1.82, 2.24) is 4.98 Å². The number of ether oxygens (including phenoxy) is 1. The molecule has 0 N–H and O–H groups in total. The molecule has 1 amide bonds. The standard InChI is InChI=1S/C21H24N2O2S/c1-4-25-11-10-19(24)23(14-17-8-6-5-7-9-17)21-22-20-16(3)12-15(2)13-18(20)26-21/h5-9,12-13H,4,10-11,14H2,1-3H3. The predicted octanol–water partition coefficient (Wildman–Crippen LogP) is 4.87. The summed E-state index contributed by atoms with van der Waals surface area (Å²) in [5.74, 6) is 0.0377. The van der Waals surface area contributed by atoms with E-state index in [9.17, 15) is 4.79 Å². The first-order chi connectivity index (χ1) is 12.6. The fraction of sp³-hybridized carbons (Fsp3) is 0.333. The first kappa shape index (κ1) is 18.5. The Hall–Kier alpha value is -2.24. The van der Waals surface area contributed by atoms with Crippen LogP contribution in [0.25, 0.3) is 10.2 Å². The van der Waals surface area contributed by atoms with Gasteiger partial charge in [0.2, 0.25) is 5.91 Å². The Balaban J connectivity index is 1.94. The smallest absolute Gasteiger partial charge is 0.231 e. The second-order valence-electron chi connectivity index (χ2n) is 6.34. The molecule has 1 aromatic heterocycles. The Bertz CT molecular complexity index is 890. The van der Waals surface area contributed by atoms with Crippen molar-refractivity contribution in [2.75, 3.05) is 18.1 Å². The van der Waals surface area contributed by atoms with E-state index >= 15 is 0 Å². The molecule has 4 nitrogen and oxygen atoms in total. The topological polar surface area (TPSA) is 42.4 Å². The van der Waals surface area contributed by atoms with Gasteiger partial charge in [-0.1, -0.05) is 47.7 Å². The summed E-state index contributed by atoms with van der Waals surface area (Å²) in [4.78, 5) is 19.4. The number of nitrogens with zero attached hydrogens (tertiary/aromatic N) is 2. The number of amides is 1. The van der Waals surface area contributed by atoms with E-state index in [1.807, 2.05) is 37.3 Å². The third-order valence-electron chi connectivity index (χ3n) is 4.20. The van der Waals surface area contributed by atoms with Crippen LogP contribution in [0, 0.1) is 13.8 Å². The zero-order chi connectivity index (χ0) is 18.5. The Labute approximate surface area is 158 Å². The highest BCUT2D eigenvalue weighted by atomic mass is 32.1. The summed E-state index contributed by atoms with van der Waals surface area (Å²) in [6, 6.07) is 14.3. The second-order valence-corrected chi connectivity index (χ2v) is 7.35. The average Bonchev–Trinajstić information content (AvgIpc) is 3.04. The van der Waals surface area contributed by atoms with Crippen LogP contribution in [0.1, 0.15) is 30.0 Å². The molecular formula is C21H24N2O2S. The van der Waals surface area contributed by atoms with Crippen molar-refractivity contribution in [1.29, 1.82) is 0 Å². The van der Waals surface area contributed by atoms with Crippen LogP contribution in [0.4, 0.5) is 5.13 Å². The molecule has 0 aliphatic carbocycles. The summed E-state index contributed by atoms with van der Waals surface area (Å²) in [6.07, 6.45) is 0.356. The molecule has 0 unspecified atom stereocenters. The van der Waals surface area contributed by atoms with Crippen LogP contribution < -0.4 is 4.90 Å². The van der Waals surface area contributed by atoms with Crippen molar-refractivity contribution in [3.8, 4) is 0 Å². The summed E-state index contributed by atoms with van der Waals surface area (Å²) in [5, 5.41) is 0.749. The Morgan fingerprint density at radius 1 is 1.19 bits per heavy atom. The van der Waals surface area contributed by atoms with Crippen LogP contribution in [0.15, 0.2) is 42.5 Å². The summed E-state index contributed by atoms with van der Waals surface area (Å²) in [6.45, 7) is 7.65. The maximum atomic E-state index is 12.9. The number of rotatable bonds is 7. The van der Waals surface area contributed by atoms with E-state index in [0.717, 1.165) is 26.5 Å². The molecule has 0 atom stereocenters. The first-order valence-electron chi connectivity index (χ1n) is 8.88. The molecule has 0 bridgehead atoms. The lowest BCUT2D eigenvalue weighted by molar-refractivity contribution is -0.119. The summed E-state index contributed by atoms with van der Waals surface area (Å²) < 4.78 is 6.49. The molecule has 26 heavy (non-hydrogen) atoms. The number of thiazole rings is 1. The van der Waals surface area contributed by atoms with Crippen LogP contribution >= 0.6 is 11.3 Å². The summed E-state index contributed by atoms with van der Waals surface area (Å²) >= 11 is 1.57. The quantitative estimate of drug-likeness (QED) is 0.559. The number of aryl methyl sites for hydroxylation is 2. The minimum Gasteiger partial charge on any atom is -0.381 e. The highest BCUT2D eigenvalue weighted by molar-refractivity contribution is 7.22. The van der Waals surface area contributed by atoms with Crippen molar-refractivity contribution < 1.29 is 9.53 Å². The van der Waals surface area contributed by atoms with E-state index in [1.165, 1.54) is 5.56 Å². The normalized spacial score (nSPS) is 11.0. The largest absolute Gasteiger partial charge is 0.381 e. The molecule has 0 spiro atoms. The molecule has 0 saturated heterocycles. The van der Waals surface area contributed by atoms with E-state index in [-0.39, 0.29) is 5.91 Å². The number of hydrogen-bond donors (Lipinski definition) is 0. The van der Waals surface area contributed by atoms with Crippen molar-refractivity contribution in [3.05, 3.63) is 59.2 Å². The Morgan fingerprint density at radius 3 is 2.69 bits per heavy atom. The van der Waals surface area contributed by atoms with Crippen LogP contribution in [0.3, 0.4) is 0 Å². The van der Waals surface area contributed by atoms with Crippen LogP contribution in [0.2, 0.25) is 0 Å². The van der Waals surface area contributed by atoms with Crippen molar-refractivity contribution >= 4 is 32.6 Å². The maximum absolute atomic E-state index is 12.9.